The van der Waals surface area contributed by atoms with Gasteiger partial charge >= 0.3 is 0 Å². The molecular weight excluding hydrogens is 278 g/mol. The third-order valence-corrected chi connectivity index (χ3v) is 4.75. The van der Waals surface area contributed by atoms with Crippen molar-refractivity contribution >= 4 is 39.6 Å². The van der Waals surface area contributed by atoms with E-state index in [9.17, 15) is 4.79 Å². The normalized spacial score (nSPS) is 17.6. The molecule has 0 unspecified atom stereocenters. The molecule has 19 heavy (non-hydrogen) atoms. The number of hydrogen-bond acceptors (Lipinski definition) is 4. The number of hydrogen-bond donors (Lipinski definition) is 2. The van der Waals surface area contributed by atoms with E-state index in [-0.39, 0.29) is 11.3 Å². The Morgan fingerprint density at radius 1 is 1.53 bits per heavy atom. The van der Waals surface area contributed by atoms with Gasteiger partial charge in [-0.15, -0.1) is 11.3 Å². The van der Waals surface area contributed by atoms with Crippen molar-refractivity contribution in [1.29, 1.82) is 0 Å². The Labute approximate surface area is 122 Å². The van der Waals surface area contributed by atoms with Gasteiger partial charge in [-0.25, -0.2) is 4.98 Å². The predicted molar refractivity (Wildman–Crippen MR) is 82.5 cm³/mol. The third kappa shape index (κ3) is 2.65. The van der Waals surface area contributed by atoms with Crippen molar-refractivity contribution < 1.29 is 4.79 Å². The lowest BCUT2D eigenvalue weighted by Crippen LogP contribution is -2.50. The fraction of sp³-hybridized carbons (Fsp3) is 0.615. The summed E-state index contributed by atoms with van der Waals surface area (Å²) in [7, 11) is 0. The van der Waals surface area contributed by atoms with E-state index < -0.39 is 5.41 Å². The van der Waals surface area contributed by atoms with Crippen LogP contribution in [0.5, 0.6) is 0 Å². The molecule has 0 aromatic carbocycles. The molecule has 0 radical (unpaired) electrons. The lowest BCUT2D eigenvalue weighted by atomic mass is 9.68. The number of nitrogens with zero attached hydrogens (tertiary/aromatic N) is 1. The third-order valence-electron chi connectivity index (χ3n) is 3.61. The maximum Gasteiger partial charge on any atom is 0.239 e. The summed E-state index contributed by atoms with van der Waals surface area (Å²) < 4.78 is 0. The second-order valence-electron chi connectivity index (χ2n) is 6.04. The van der Waals surface area contributed by atoms with Crippen LogP contribution in [0.2, 0.25) is 0 Å². The Balaban J connectivity index is 2.11. The average Bonchev–Trinajstić information content (AvgIpc) is 2.62. The molecule has 0 bridgehead atoms. The van der Waals surface area contributed by atoms with Crippen molar-refractivity contribution in [3.8, 4) is 0 Å². The summed E-state index contributed by atoms with van der Waals surface area (Å²) in [6.45, 7) is 6.28. The summed E-state index contributed by atoms with van der Waals surface area (Å²) in [5.41, 5.74) is 6.03. The van der Waals surface area contributed by atoms with Crippen LogP contribution < -0.4 is 11.1 Å². The number of nitrogens with one attached hydrogen (secondary N) is 1. The van der Waals surface area contributed by atoms with Gasteiger partial charge in [-0.1, -0.05) is 39.4 Å². The zero-order valence-corrected chi connectivity index (χ0v) is 13.1. The first-order chi connectivity index (χ1) is 8.75. The maximum absolute atomic E-state index is 12.3. The van der Waals surface area contributed by atoms with Crippen LogP contribution in [0.3, 0.4) is 0 Å². The number of carbonyl (C=O) groups is 1. The number of carbonyl (C=O) groups excluding carboxylic acids is 1. The number of amides is 1. The van der Waals surface area contributed by atoms with Crippen LogP contribution in [0, 0.1) is 5.41 Å². The van der Waals surface area contributed by atoms with Crippen LogP contribution in [0.15, 0.2) is 5.38 Å². The standard InChI is InChI=1S/C13H19N3OS2/c1-12(2,3)8-7-19-11(15-8)16-10(17)13(9(14)18)5-4-6-13/h7H,4-6H2,1-3H3,(H2,14,18)(H,15,16,17). The molecule has 1 aliphatic carbocycles. The van der Waals surface area contributed by atoms with Crippen LogP contribution in [-0.2, 0) is 10.2 Å². The lowest BCUT2D eigenvalue weighted by Gasteiger charge is -2.38. The second kappa shape index (κ2) is 4.83. The Morgan fingerprint density at radius 3 is 2.53 bits per heavy atom. The highest BCUT2D eigenvalue weighted by Crippen LogP contribution is 2.42. The molecule has 1 fully saturated rings. The molecule has 6 heteroatoms. The molecule has 0 aliphatic heterocycles. The van der Waals surface area contributed by atoms with E-state index in [1.807, 2.05) is 5.38 Å². The van der Waals surface area contributed by atoms with E-state index in [4.69, 9.17) is 18.0 Å². The minimum Gasteiger partial charge on any atom is -0.392 e. The summed E-state index contributed by atoms with van der Waals surface area (Å²) in [5, 5.41) is 5.46. The number of rotatable bonds is 3. The summed E-state index contributed by atoms with van der Waals surface area (Å²) >= 11 is 6.48. The predicted octanol–water partition coefficient (Wildman–Crippen LogP) is 2.84. The summed E-state index contributed by atoms with van der Waals surface area (Å²) in [5.74, 6) is -0.110. The molecule has 0 atom stereocenters. The first-order valence-electron chi connectivity index (χ1n) is 6.33. The number of anilines is 1. The number of thiazole rings is 1. The molecule has 104 valence electrons. The van der Waals surface area contributed by atoms with Crippen molar-refractivity contribution in [2.75, 3.05) is 5.32 Å². The van der Waals surface area contributed by atoms with E-state index in [1.54, 1.807) is 0 Å². The van der Waals surface area contributed by atoms with Gasteiger partial charge in [-0.05, 0) is 12.8 Å². The molecule has 1 aromatic heterocycles. The molecule has 1 heterocycles. The van der Waals surface area contributed by atoms with E-state index in [2.05, 4.69) is 31.1 Å². The summed E-state index contributed by atoms with van der Waals surface area (Å²) in [4.78, 5) is 17.1. The molecule has 0 spiro atoms. The van der Waals surface area contributed by atoms with Crippen molar-refractivity contribution in [3.63, 3.8) is 0 Å². The largest absolute Gasteiger partial charge is 0.392 e. The van der Waals surface area contributed by atoms with Crippen LogP contribution in [0.4, 0.5) is 5.13 Å². The molecule has 4 nitrogen and oxygen atoms in total. The van der Waals surface area contributed by atoms with Gasteiger partial charge in [0.05, 0.1) is 16.1 Å². The molecule has 0 saturated heterocycles. The zero-order valence-electron chi connectivity index (χ0n) is 11.4. The van der Waals surface area contributed by atoms with Gasteiger partial charge in [0.2, 0.25) is 5.91 Å². The molecule has 2 rings (SSSR count). The fourth-order valence-corrected chi connectivity index (χ4v) is 3.24. The van der Waals surface area contributed by atoms with E-state index >= 15 is 0 Å². The van der Waals surface area contributed by atoms with Crippen molar-refractivity contribution in [1.82, 2.24) is 4.98 Å². The van der Waals surface area contributed by atoms with Gasteiger partial charge in [0.1, 0.15) is 0 Å². The Bertz CT molecular complexity index is 512. The Kier molecular flexibility index (Phi) is 3.66. The smallest absolute Gasteiger partial charge is 0.239 e. The highest BCUT2D eigenvalue weighted by molar-refractivity contribution is 7.80. The van der Waals surface area contributed by atoms with E-state index in [0.717, 1.165) is 25.0 Å². The Hall–Kier alpha value is -1.01. The van der Waals surface area contributed by atoms with Crippen LogP contribution in [0.25, 0.3) is 0 Å². The maximum atomic E-state index is 12.3. The van der Waals surface area contributed by atoms with Crippen LogP contribution >= 0.6 is 23.6 Å². The molecule has 1 amide bonds. The lowest BCUT2D eigenvalue weighted by molar-refractivity contribution is -0.125. The minimum atomic E-state index is -0.650. The summed E-state index contributed by atoms with van der Waals surface area (Å²) in [6.07, 6.45) is 2.48. The monoisotopic (exact) mass is 297 g/mol. The van der Waals surface area contributed by atoms with Gasteiger partial charge in [0, 0.05) is 10.8 Å². The zero-order chi connectivity index (χ0) is 14.3. The highest BCUT2D eigenvalue weighted by atomic mass is 32.1. The van der Waals surface area contributed by atoms with Crippen LogP contribution in [-0.4, -0.2) is 15.9 Å². The minimum absolute atomic E-state index is 0.0171. The van der Waals surface area contributed by atoms with Crippen molar-refractivity contribution in [3.05, 3.63) is 11.1 Å². The molecular formula is C13H19N3OS2. The van der Waals surface area contributed by atoms with Gasteiger partial charge in [-0.2, -0.15) is 0 Å². The van der Waals surface area contributed by atoms with Gasteiger partial charge in [-0.3, -0.25) is 4.79 Å². The van der Waals surface area contributed by atoms with Crippen molar-refractivity contribution in [2.24, 2.45) is 11.1 Å². The highest BCUT2D eigenvalue weighted by Gasteiger charge is 2.47. The Morgan fingerprint density at radius 2 is 2.16 bits per heavy atom. The fourth-order valence-electron chi connectivity index (χ4n) is 2.01. The summed E-state index contributed by atoms with van der Waals surface area (Å²) in [6, 6.07) is 0. The number of thiocarbonyl (C=S) groups is 1. The first kappa shape index (κ1) is 14.4. The SMILES string of the molecule is CC(C)(C)c1csc(NC(=O)C2(C(N)=S)CCC2)n1. The van der Waals surface area contributed by atoms with Gasteiger partial charge in [0.15, 0.2) is 5.13 Å². The molecule has 1 saturated carbocycles. The molecule has 3 N–H and O–H groups in total. The second-order valence-corrected chi connectivity index (χ2v) is 7.34. The van der Waals surface area contributed by atoms with E-state index in [1.165, 1.54) is 11.3 Å². The quantitative estimate of drug-likeness (QED) is 0.842. The molecule has 1 aliphatic rings. The average molecular weight is 297 g/mol. The first-order valence-corrected chi connectivity index (χ1v) is 7.62. The van der Waals surface area contributed by atoms with Gasteiger partial charge < -0.3 is 11.1 Å². The number of nitrogens with two attached hydrogens (primary N) is 1. The van der Waals surface area contributed by atoms with Gasteiger partial charge in [0.25, 0.3) is 0 Å². The van der Waals surface area contributed by atoms with E-state index in [0.29, 0.717) is 10.1 Å². The topological polar surface area (TPSA) is 68.0 Å². The van der Waals surface area contributed by atoms with Crippen LogP contribution in [0.1, 0.15) is 45.7 Å². The molecule has 1 aromatic rings. The number of aromatic nitrogens is 1. The van der Waals surface area contributed by atoms with Crippen molar-refractivity contribution in [2.45, 2.75) is 45.4 Å².